The Hall–Kier alpha value is -5.40. The molecule has 1 heterocycles. The topological polar surface area (TPSA) is 62.5 Å². The first-order valence-electron chi connectivity index (χ1n) is 17.6. The molecular formula is C45H40N4. The molecule has 4 heteroatoms. The highest BCUT2D eigenvalue weighted by molar-refractivity contribution is 5.74. The third-order valence-corrected chi connectivity index (χ3v) is 10.7. The van der Waals surface area contributed by atoms with Gasteiger partial charge in [0.1, 0.15) is 0 Å². The average Bonchev–Trinajstić information content (AvgIpc) is 3.14. The van der Waals surface area contributed by atoms with Gasteiger partial charge in [-0.25, -0.2) is 15.0 Å². The van der Waals surface area contributed by atoms with E-state index in [4.69, 9.17) is 15.0 Å². The summed E-state index contributed by atoms with van der Waals surface area (Å²) in [6, 6.07) is 46.3. The first kappa shape index (κ1) is 30.9. The Morgan fingerprint density at radius 3 is 1.65 bits per heavy atom. The Morgan fingerprint density at radius 1 is 0.510 bits per heavy atom. The van der Waals surface area contributed by atoms with Gasteiger partial charge >= 0.3 is 0 Å². The second kappa shape index (κ2) is 12.9. The summed E-state index contributed by atoms with van der Waals surface area (Å²) in [5.41, 5.74) is 9.64. The summed E-state index contributed by atoms with van der Waals surface area (Å²) in [6.45, 7) is 4.91. The molecule has 0 radical (unpaired) electrons. The van der Waals surface area contributed by atoms with E-state index < -0.39 is 0 Å². The Bertz CT molecular complexity index is 2130. The molecular weight excluding hydrogens is 597 g/mol. The van der Waals surface area contributed by atoms with Crippen molar-refractivity contribution in [2.45, 2.75) is 51.4 Å². The molecule has 0 spiro atoms. The summed E-state index contributed by atoms with van der Waals surface area (Å²) in [7, 11) is 0. The summed E-state index contributed by atoms with van der Waals surface area (Å²) in [6.07, 6.45) is 6.73. The molecule has 4 nitrogen and oxygen atoms in total. The molecule has 0 aliphatic heterocycles. The number of benzene rings is 5. The van der Waals surface area contributed by atoms with Gasteiger partial charge in [0.05, 0.1) is 11.6 Å². The number of aromatic nitrogens is 3. The number of hydrogen-bond donors (Lipinski definition) is 0. The van der Waals surface area contributed by atoms with Crippen LogP contribution in [0.15, 0.2) is 127 Å². The molecule has 240 valence electrons. The summed E-state index contributed by atoms with van der Waals surface area (Å²) < 4.78 is 0. The minimum atomic E-state index is 0.320. The monoisotopic (exact) mass is 636 g/mol. The highest BCUT2D eigenvalue weighted by Gasteiger charge is 2.45. The third kappa shape index (κ3) is 6.30. The molecule has 8 rings (SSSR count). The standard InChI is InChI=1S/C45H40N4/c1-30-22-33-23-31(2)27-45(26-30,28-33)41-20-18-36(19-21-41)38-11-7-13-40(25-38)44-48-42(47-43(49-44)39-12-6-8-32(24-39)29-46)37-16-14-35(15-17-37)34-9-4-3-5-10-34/h3-21,24-25,30-31,33H,22-23,26-28H2,1-2H3/t30-,31+,33?,45?. The van der Waals surface area contributed by atoms with Crippen LogP contribution in [0.1, 0.15) is 57.1 Å². The van der Waals surface area contributed by atoms with Gasteiger partial charge < -0.3 is 0 Å². The molecule has 0 amide bonds. The fourth-order valence-electron chi connectivity index (χ4n) is 8.85. The van der Waals surface area contributed by atoms with Crippen LogP contribution in [0.25, 0.3) is 56.4 Å². The largest absolute Gasteiger partial charge is 0.208 e. The molecule has 2 unspecified atom stereocenters. The van der Waals surface area contributed by atoms with Crippen molar-refractivity contribution in [3.8, 4) is 62.5 Å². The zero-order chi connectivity index (χ0) is 33.4. The zero-order valence-corrected chi connectivity index (χ0v) is 28.2. The van der Waals surface area contributed by atoms with Crippen molar-refractivity contribution < 1.29 is 0 Å². The van der Waals surface area contributed by atoms with Crippen LogP contribution in [0.2, 0.25) is 0 Å². The number of nitrogens with zero attached hydrogens (tertiary/aromatic N) is 4. The Balaban J connectivity index is 1.15. The predicted molar refractivity (Wildman–Crippen MR) is 198 cm³/mol. The van der Waals surface area contributed by atoms with Gasteiger partial charge in [-0.2, -0.15) is 5.26 Å². The molecule has 2 aliphatic rings. The Morgan fingerprint density at radius 2 is 1.00 bits per heavy atom. The lowest BCUT2D eigenvalue weighted by molar-refractivity contribution is 0.0780. The van der Waals surface area contributed by atoms with Crippen molar-refractivity contribution in [1.29, 1.82) is 5.26 Å². The fourth-order valence-corrected chi connectivity index (χ4v) is 8.85. The van der Waals surface area contributed by atoms with E-state index in [9.17, 15) is 5.26 Å². The summed E-state index contributed by atoms with van der Waals surface area (Å²) in [4.78, 5) is 14.9. The van der Waals surface area contributed by atoms with Gasteiger partial charge in [-0.15, -0.1) is 0 Å². The third-order valence-electron chi connectivity index (χ3n) is 10.7. The number of nitriles is 1. The van der Waals surface area contributed by atoms with Crippen molar-refractivity contribution in [2.24, 2.45) is 17.8 Å². The van der Waals surface area contributed by atoms with Crippen molar-refractivity contribution in [3.05, 3.63) is 139 Å². The van der Waals surface area contributed by atoms with E-state index in [1.165, 1.54) is 43.2 Å². The Labute approximate surface area is 289 Å². The highest BCUT2D eigenvalue weighted by Crippen LogP contribution is 2.54. The molecule has 5 aromatic carbocycles. The van der Waals surface area contributed by atoms with E-state index in [2.05, 4.69) is 105 Å². The molecule has 2 aliphatic carbocycles. The lowest BCUT2D eigenvalue weighted by Crippen LogP contribution is -2.42. The number of fused-ring (bicyclic) bond motifs is 2. The van der Waals surface area contributed by atoms with Crippen LogP contribution in [-0.2, 0) is 5.41 Å². The quantitative estimate of drug-likeness (QED) is 0.182. The van der Waals surface area contributed by atoms with Gasteiger partial charge in [-0.05, 0) is 101 Å². The van der Waals surface area contributed by atoms with Crippen molar-refractivity contribution in [3.63, 3.8) is 0 Å². The summed E-state index contributed by atoms with van der Waals surface area (Å²) in [5.74, 6) is 4.19. The lowest BCUT2D eigenvalue weighted by atomic mass is 9.54. The maximum atomic E-state index is 9.59. The van der Waals surface area contributed by atoms with Gasteiger partial charge in [-0.1, -0.05) is 123 Å². The van der Waals surface area contributed by atoms with Crippen LogP contribution >= 0.6 is 0 Å². The van der Waals surface area contributed by atoms with Gasteiger partial charge in [-0.3, -0.25) is 0 Å². The summed E-state index contributed by atoms with van der Waals surface area (Å²) >= 11 is 0. The second-order valence-corrected chi connectivity index (χ2v) is 14.5. The van der Waals surface area contributed by atoms with Crippen molar-refractivity contribution in [2.75, 3.05) is 0 Å². The van der Waals surface area contributed by atoms with Crippen LogP contribution in [0, 0.1) is 29.1 Å². The number of hydrogen-bond acceptors (Lipinski definition) is 4. The van der Waals surface area contributed by atoms with Crippen LogP contribution < -0.4 is 0 Å². The van der Waals surface area contributed by atoms with Gasteiger partial charge in [0.25, 0.3) is 0 Å². The Kier molecular flexibility index (Phi) is 8.14. The second-order valence-electron chi connectivity index (χ2n) is 14.5. The highest BCUT2D eigenvalue weighted by atomic mass is 15.0. The molecule has 2 fully saturated rings. The molecule has 6 aromatic rings. The van der Waals surface area contributed by atoms with Gasteiger partial charge in [0, 0.05) is 16.7 Å². The van der Waals surface area contributed by atoms with Crippen LogP contribution in [0.4, 0.5) is 0 Å². The number of rotatable bonds is 6. The van der Waals surface area contributed by atoms with Crippen LogP contribution in [-0.4, -0.2) is 15.0 Å². The van der Waals surface area contributed by atoms with Crippen molar-refractivity contribution >= 4 is 0 Å². The SMILES string of the molecule is C[C@@H]1CC2C[C@H](C)CC(c3ccc(-c4cccc(-c5nc(-c6ccc(-c7ccccc7)cc6)nc(-c6cccc(C#N)c6)n5)c4)cc3)(C2)C1. The maximum Gasteiger partial charge on any atom is 0.164 e. The summed E-state index contributed by atoms with van der Waals surface area (Å²) in [5, 5.41) is 9.59. The zero-order valence-electron chi connectivity index (χ0n) is 28.2. The fraction of sp³-hybridized carbons (Fsp3) is 0.244. The molecule has 49 heavy (non-hydrogen) atoms. The van der Waals surface area contributed by atoms with Crippen LogP contribution in [0.5, 0.6) is 0 Å². The first-order chi connectivity index (χ1) is 23.9. The van der Waals surface area contributed by atoms with Gasteiger partial charge in [0.15, 0.2) is 17.5 Å². The average molecular weight is 637 g/mol. The molecule has 2 bridgehead atoms. The minimum absolute atomic E-state index is 0.320. The normalized spacial score (nSPS) is 21.5. The van der Waals surface area contributed by atoms with Crippen LogP contribution in [0.3, 0.4) is 0 Å². The van der Waals surface area contributed by atoms with E-state index >= 15 is 0 Å². The van der Waals surface area contributed by atoms with E-state index in [1.54, 1.807) is 6.07 Å². The molecule has 2 saturated carbocycles. The lowest BCUT2D eigenvalue weighted by Gasteiger charge is -2.50. The van der Waals surface area contributed by atoms with Crippen molar-refractivity contribution in [1.82, 2.24) is 15.0 Å². The van der Waals surface area contributed by atoms with E-state index in [0.717, 1.165) is 51.1 Å². The predicted octanol–water partition coefficient (Wildman–Crippen LogP) is 11.2. The maximum absolute atomic E-state index is 9.59. The minimum Gasteiger partial charge on any atom is -0.208 e. The molecule has 0 saturated heterocycles. The molecule has 4 atom stereocenters. The van der Waals surface area contributed by atoms with E-state index in [1.807, 2.05) is 36.4 Å². The molecule has 1 aromatic heterocycles. The first-order valence-corrected chi connectivity index (χ1v) is 17.6. The smallest absolute Gasteiger partial charge is 0.164 e. The van der Waals surface area contributed by atoms with E-state index in [0.29, 0.717) is 28.5 Å². The van der Waals surface area contributed by atoms with Gasteiger partial charge in [0.2, 0.25) is 0 Å². The van der Waals surface area contributed by atoms with E-state index in [-0.39, 0.29) is 0 Å². The molecule has 0 N–H and O–H groups in total.